The molecule has 3 heteroatoms. The first-order valence-corrected chi connectivity index (χ1v) is 7.86. The Hall–Kier alpha value is -0.500. The summed E-state index contributed by atoms with van der Waals surface area (Å²) in [6.07, 6.45) is 4.57. The number of thiophene rings is 1. The Morgan fingerprint density at radius 2 is 2.06 bits per heavy atom. The van der Waals surface area contributed by atoms with E-state index in [-0.39, 0.29) is 5.38 Å². The van der Waals surface area contributed by atoms with Gasteiger partial charge in [0.25, 0.3) is 0 Å². The zero-order valence-electron chi connectivity index (χ0n) is 9.96. The molecule has 1 aromatic carbocycles. The highest BCUT2D eigenvalue weighted by Gasteiger charge is 2.19. The van der Waals surface area contributed by atoms with E-state index >= 15 is 0 Å². The molecule has 0 N–H and O–H groups in total. The topological polar surface area (TPSA) is 0 Å². The van der Waals surface area contributed by atoms with Crippen molar-refractivity contribution in [3.63, 3.8) is 0 Å². The van der Waals surface area contributed by atoms with Gasteiger partial charge < -0.3 is 0 Å². The molecule has 0 nitrogen and oxygen atoms in total. The first kappa shape index (κ1) is 12.5. The van der Waals surface area contributed by atoms with E-state index in [9.17, 15) is 0 Å². The lowest BCUT2D eigenvalue weighted by atomic mass is 10.1. The van der Waals surface area contributed by atoms with Crippen LogP contribution in [0.3, 0.4) is 0 Å². The molecule has 0 saturated heterocycles. The second kappa shape index (κ2) is 5.24. The maximum atomic E-state index is 6.53. The third-order valence-corrected chi connectivity index (χ3v) is 5.67. The lowest BCUT2D eigenvalue weighted by Gasteiger charge is -2.09. The summed E-state index contributed by atoms with van der Waals surface area (Å²) < 4.78 is 0. The van der Waals surface area contributed by atoms with E-state index in [0.29, 0.717) is 0 Å². The Bertz CT molecular complexity index is 538. The van der Waals surface area contributed by atoms with Gasteiger partial charge in [0.05, 0.1) is 5.38 Å². The van der Waals surface area contributed by atoms with Crippen molar-refractivity contribution in [3.8, 4) is 0 Å². The van der Waals surface area contributed by atoms with Crippen molar-refractivity contribution >= 4 is 34.5 Å². The standard InChI is InChI=1S/C15H14Cl2S/c16-12-6-2-1-4-10(12)8-13(17)15-9-11-5-3-7-14(11)18-15/h1-2,4,6,9,13H,3,5,7-8H2. The summed E-state index contributed by atoms with van der Waals surface area (Å²) in [5.74, 6) is 0. The van der Waals surface area contributed by atoms with E-state index in [1.807, 2.05) is 29.5 Å². The van der Waals surface area contributed by atoms with Crippen LogP contribution in [0.25, 0.3) is 0 Å². The van der Waals surface area contributed by atoms with Gasteiger partial charge in [0.1, 0.15) is 0 Å². The van der Waals surface area contributed by atoms with Crippen molar-refractivity contribution in [2.45, 2.75) is 31.1 Å². The third-order valence-electron chi connectivity index (χ3n) is 3.43. The van der Waals surface area contributed by atoms with Crippen LogP contribution < -0.4 is 0 Å². The minimum Gasteiger partial charge on any atom is -0.144 e. The molecule has 1 heterocycles. The van der Waals surface area contributed by atoms with Gasteiger partial charge in [0.2, 0.25) is 0 Å². The fourth-order valence-corrected chi connectivity index (χ4v) is 4.28. The number of rotatable bonds is 3. The second-order valence-corrected chi connectivity index (χ2v) is 6.82. The van der Waals surface area contributed by atoms with Crippen molar-refractivity contribution in [1.29, 1.82) is 0 Å². The van der Waals surface area contributed by atoms with Crippen LogP contribution in [-0.4, -0.2) is 0 Å². The Labute approximate surface area is 122 Å². The molecule has 94 valence electrons. The number of halogens is 2. The molecule has 0 fully saturated rings. The summed E-state index contributed by atoms with van der Waals surface area (Å²) in [7, 11) is 0. The molecule has 0 aliphatic heterocycles. The van der Waals surface area contributed by atoms with Gasteiger partial charge in [0.15, 0.2) is 0 Å². The number of fused-ring (bicyclic) bond motifs is 1. The molecule has 3 rings (SSSR count). The number of hydrogen-bond acceptors (Lipinski definition) is 1. The van der Waals surface area contributed by atoms with Crippen molar-refractivity contribution in [3.05, 3.63) is 56.2 Å². The van der Waals surface area contributed by atoms with Crippen LogP contribution in [-0.2, 0) is 19.3 Å². The van der Waals surface area contributed by atoms with E-state index < -0.39 is 0 Å². The van der Waals surface area contributed by atoms with Gasteiger partial charge >= 0.3 is 0 Å². The predicted octanol–water partition coefficient (Wildman–Crippen LogP) is 5.41. The van der Waals surface area contributed by atoms with Gasteiger partial charge in [-0.2, -0.15) is 0 Å². The van der Waals surface area contributed by atoms with Crippen LogP contribution in [0.5, 0.6) is 0 Å². The summed E-state index contributed by atoms with van der Waals surface area (Å²) in [6.45, 7) is 0. The molecule has 0 spiro atoms. The maximum Gasteiger partial charge on any atom is 0.0719 e. The molecular formula is C15H14Cl2S. The third kappa shape index (κ3) is 2.45. The number of alkyl halides is 1. The summed E-state index contributed by atoms with van der Waals surface area (Å²) in [6, 6.07) is 10.2. The fourth-order valence-electron chi connectivity index (χ4n) is 2.46. The molecular weight excluding hydrogens is 283 g/mol. The summed E-state index contributed by atoms with van der Waals surface area (Å²) in [4.78, 5) is 2.83. The highest BCUT2D eigenvalue weighted by Crippen LogP contribution is 2.38. The number of benzene rings is 1. The van der Waals surface area contributed by atoms with Crippen LogP contribution in [0.1, 0.15) is 32.7 Å². The molecule has 1 atom stereocenters. The van der Waals surface area contributed by atoms with Crippen LogP contribution in [0, 0.1) is 0 Å². The van der Waals surface area contributed by atoms with Gasteiger partial charge in [-0.05, 0) is 48.9 Å². The monoisotopic (exact) mass is 296 g/mol. The minimum atomic E-state index is 0.0421. The quantitative estimate of drug-likeness (QED) is 0.664. The van der Waals surface area contributed by atoms with Crippen LogP contribution in [0.15, 0.2) is 30.3 Å². The van der Waals surface area contributed by atoms with Gasteiger partial charge in [0, 0.05) is 14.8 Å². The summed E-state index contributed by atoms with van der Waals surface area (Å²) >= 11 is 14.6. The van der Waals surface area contributed by atoms with Crippen molar-refractivity contribution in [2.75, 3.05) is 0 Å². The molecule has 0 bridgehead atoms. The predicted molar refractivity (Wildman–Crippen MR) is 80.1 cm³/mol. The zero-order chi connectivity index (χ0) is 12.5. The van der Waals surface area contributed by atoms with E-state index in [4.69, 9.17) is 23.2 Å². The lowest BCUT2D eigenvalue weighted by molar-refractivity contribution is 0.905. The molecule has 1 aliphatic rings. The maximum absolute atomic E-state index is 6.53. The van der Waals surface area contributed by atoms with Gasteiger partial charge in [-0.15, -0.1) is 22.9 Å². The van der Waals surface area contributed by atoms with Crippen molar-refractivity contribution < 1.29 is 0 Å². The number of aryl methyl sites for hydroxylation is 2. The van der Waals surface area contributed by atoms with Gasteiger partial charge in [-0.3, -0.25) is 0 Å². The SMILES string of the molecule is Clc1ccccc1CC(Cl)c1cc2c(s1)CCC2. The van der Waals surface area contributed by atoms with Crippen LogP contribution >= 0.6 is 34.5 Å². The highest BCUT2D eigenvalue weighted by atomic mass is 35.5. The van der Waals surface area contributed by atoms with Crippen LogP contribution in [0.4, 0.5) is 0 Å². The Kier molecular flexibility index (Phi) is 3.65. The molecule has 1 aliphatic carbocycles. The van der Waals surface area contributed by atoms with E-state index in [2.05, 4.69) is 12.1 Å². The van der Waals surface area contributed by atoms with Gasteiger partial charge in [-0.1, -0.05) is 29.8 Å². The molecule has 1 aromatic heterocycles. The second-order valence-electron chi connectivity index (χ2n) is 4.71. The molecule has 2 aromatic rings. The minimum absolute atomic E-state index is 0.0421. The largest absolute Gasteiger partial charge is 0.144 e. The van der Waals surface area contributed by atoms with Crippen LogP contribution in [0.2, 0.25) is 5.02 Å². The normalized spacial score (nSPS) is 15.7. The molecule has 18 heavy (non-hydrogen) atoms. The number of hydrogen-bond donors (Lipinski definition) is 0. The average Bonchev–Trinajstić information content (AvgIpc) is 2.92. The van der Waals surface area contributed by atoms with Crippen molar-refractivity contribution in [2.24, 2.45) is 0 Å². The molecule has 1 unspecified atom stereocenters. The average molecular weight is 297 g/mol. The van der Waals surface area contributed by atoms with E-state index in [1.54, 1.807) is 0 Å². The van der Waals surface area contributed by atoms with E-state index in [1.165, 1.54) is 34.6 Å². The zero-order valence-corrected chi connectivity index (χ0v) is 12.3. The smallest absolute Gasteiger partial charge is 0.0719 e. The Balaban J connectivity index is 1.78. The van der Waals surface area contributed by atoms with E-state index in [0.717, 1.165) is 17.0 Å². The first-order valence-electron chi connectivity index (χ1n) is 6.23. The van der Waals surface area contributed by atoms with Crippen molar-refractivity contribution in [1.82, 2.24) is 0 Å². The lowest BCUT2D eigenvalue weighted by Crippen LogP contribution is -1.94. The molecule has 0 radical (unpaired) electrons. The van der Waals surface area contributed by atoms with Gasteiger partial charge in [-0.25, -0.2) is 0 Å². The summed E-state index contributed by atoms with van der Waals surface area (Å²) in [5, 5.41) is 0.854. The highest BCUT2D eigenvalue weighted by molar-refractivity contribution is 7.12. The molecule has 0 amide bonds. The molecule has 0 saturated carbocycles. The first-order chi connectivity index (χ1) is 8.74. The Morgan fingerprint density at radius 3 is 2.83 bits per heavy atom. The summed E-state index contributed by atoms with van der Waals surface area (Å²) in [5.41, 5.74) is 2.65. The fraction of sp³-hybridized carbons (Fsp3) is 0.333. The Morgan fingerprint density at radius 1 is 1.22 bits per heavy atom.